The molecule has 1 aromatic rings. The van der Waals surface area contributed by atoms with Crippen LogP contribution in [0.1, 0.15) is 43.0 Å². The van der Waals surface area contributed by atoms with Gasteiger partial charge in [0.1, 0.15) is 17.5 Å². The molecule has 2 aliphatic heterocycles. The molecular formula is C19H24N2O4. The molecule has 1 N–H and O–H groups in total. The molecule has 6 heteroatoms. The molecule has 2 amide bonds. The molecule has 0 bridgehead atoms. The fourth-order valence-electron chi connectivity index (χ4n) is 3.79. The van der Waals surface area contributed by atoms with Crippen molar-refractivity contribution >= 4 is 11.8 Å². The molecule has 6 nitrogen and oxygen atoms in total. The number of carbonyl (C=O) groups excluding carboxylic acids is 2. The van der Waals surface area contributed by atoms with Crippen LogP contribution in [-0.2, 0) is 4.79 Å². The van der Waals surface area contributed by atoms with Crippen molar-refractivity contribution in [3.8, 4) is 11.5 Å². The van der Waals surface area contributed by atoms with Crippen molar-refractivity contribution in [2.75, 3.05) is 19.7 Å². The molecule has 0 aromatic heterocycles. The normalized spacial score (nSPS) is 25.9. The quantitative estimate of drug-likeness (QED) is 0.907. The summed E-state index contributed by atoms with van der Waals surface area (Å²) in [5, 5.41) is 9.96. The molecule has 2 heterocycles. The number of nitrogens with zero attached hydrogens (tertiary/aromatic N) is 2. The predicted molar refractivity (Wildman–Crippen MR) is 91.6 cm³/mol. The van der Waals surface area contributed by atoms with Crippen molar-refractivity contribution in [2.24, 2.45) is 5.92 Å². The Labute approximate surface area is 147 Å². The second kappa shape index (κ2) is 6.24. The Morgan fingerprint density at radius 1 is 1.28 bits per heavy atom. The SMILES string of the molecule is C[C@H]1C(=O)N2CCC[C@H]2CN1C(=O)c1cc(O)cc(OCC2CC2)c1. The highest BCUT2D eigenvalue weighted by atomic mass is 16.5. The number of phenols is 1. The van der Waals surface area contributed by atoms with E-state index < -0.39 is 6.04 Å². The van der Waals surface area contributed by atoms with E-state index >= 15 is 0 Å². The van der Waals surface area contributed by atoms with E-state index in [0.29, 0.717) is 30.4 Å². The van der Waals surface area contributed by atoms with Gasteiger partial charge in [-0.1, -0.05) is 0 Å². The van der Waals surface area contributed by atoms with E-state index in [9.17, 15) is 14.7 Å². The summed E-state index contributed by atoms with van der Waals surface area (Å²) in [7, 11) is 0. The van der Waals surface area contributed by atoms with Crippen LogP contribution in [0.15, 0.2) is 18.2 Å². The van der Waals surface area contributed by atoms with Gasteiger partial charge in [-0.3, -0.25) is 9.59 Å². The molecule has 2 saturated heterocycles. The molecule has 3 aliphatic rings. The number of aromatic hydroxyl groups is 1. The van der Waals surface area contributed by atoms with Gasteiger partial charge in [0, 0.05) is 30.8 Å². The molecule has 25 heavy (non-hydrogen) atoms. The molecule has 4 rings (SSSR count). The van der Waals surface area contributed by atoms with Crippen molar-refractivity contribution in [3.05, 3.63) is 23.8 Å². The van der Waals surface area contributed by atoms with Crippen molar-refractivity contribution in [1.29, 1.82) is 0 Å². The Kier molecular flexibility index (Phi) is 4.06. The summed E-state index contributed by atoms with van der Waals surface area (Å²) in [4.78, 5) is 29.1. The summed E-state index contributed by atoms with van der Waals surface area (Å²) in [6.07, 6.45) is 4.29. The zero-order valence-electron chi connectivity index (χ0n) is 14.5. The van der Waals surface area contributed by atoms with E-state index in [0.717, 1.165) is 19.4 Å². The number of amides is 2. The molecule has 1 aromatic carbocycles. The highest BCUT2D eigenvalue weighted by Gasteiger charge is 2.42. The smallest absolute Gasteiger partial charge is 0.254 e. The van der Waals surface area contributed by atoms with E-state index in [-0.39, 0.29) is 23.6 Å². The van der Waals surface area contributed by atoms with Gasteiger partial charge in [0.25, 0.3) is 5.91 Å². The van der Waals surface area contributed by atoms with Crippen molar-refractivity contribution in [2.45, 2.75) is 44.7 Å². The van der Waals surface area contributed by atoms with Crippen LogP contribution in [0.3, 0.4) is 0 Å². The predicted octanol–water partition coefficient (Wildman–Crippen LogP) is 2.02. The number of piperazine rings is 1. The summed E-state index contributed by atoms with van der Waals surface area (Å²) in [6.45, 7) is 3.75. The lowest BCUT2D eigenvalue weighted by molar-refractivity contribution is -0.141. The molecule has 0 spiro atoms. The summed E-state index contributed by atoms with van der Waals surface area (Å²) >= 11 is 0. The van der Waals surface area contributed by atoms with Crippen molar-refractivity contribution < 1.29 is 19.4 Å². The maximum atomic E-state index is 13.0. The second-order valence-electron chi connectivity index (χ2n) is 7.43. The van der Waals surface area contributed by atoms with Crippen LogP contribution in [0.4, 0.5) is 0 Å². The molecular weight excluding hydrogens is 320 g/mol. The third kappa shape index (κ3) is 3.17. The first-order chi connectivity index (χ1) is 12.0. The Balaban J connectivity index is 1.54. The third-order valence-corrected chi connectivity index (χ3v) is 5.47. The summed E-state index contributed by atoms with van der Waals surface area (Å²) in [5.74, 6) is 0.908. The largest absolute Gasteiger partial charge is 0.508 e. The Bertz CT molecular complexity index is 701. The van der Waals surface area contributed by atoms with Gasteiger partial charge in [-0.25, -0.2) is 0 Å². The monoisotopic (exact) mass is 344 g/mol. The van der Waals surface area contributed by atoms with Crippen molar-refractivity contribution in [3.63, 3.8) is 0 Å². The highest BCUT2D eigenvalue weighted by molar-refractivity contribution is 5.99. The van der Waals surface area contributed by atoms with Crippen LogP contribution in [0.5, 0.6) is 11.5 Å². The van der Waals surface area contributed by atoms with Gasteiger partial charge < -0.3 is 19.6 Å². The molecule has 2 atom stereocenters. The summed E-state index contributed by atoms with van der Waals surface area (Å²) in [6, 6.07) is 4.30. The van der Waals surface area contributed by atoms with Gasteiger partial charge in [-0.15, -0.1) is 0 Å². The minimum atomic E-state index is -0.472. The Morgan fingerprint density at radius 3 is 2.84 bits per heavy atom. The Morgan fingerprint density at radius 2 is 2.08 bits per heavy atom. The van der Waals surface area contributed by atoms with Crippen LogP contribution in [0.25, 0.3) is 0 Å². The second-order valence-corrected chi connectivity index (χ2v) is 7.43. The minimum Gasteiger partial charge on any atom is -0.508 e. The van der Waals surface area contributed by atoms with E-state index in [1.165, 1.54) is 25.0 Å². The zero-order chi connectivity index (χ0) is 17.6. The van der Waals surface area contributed by atoms with E-state index in [1.807, 2.05) is 4.90 Å². The molecule has 1 saturated carbocycles. The number of hydrogen-bond acceptors (Lipinski definition) is 4. The average Bonchev–Trinajstić information content (AvgIpc) is 3.31. The fourth-order valence-corrected chi connectivity index (χ4v) is 3.79. The number of hydrogen-bond donors (Lipinski definition) is 1. The maximum Gasteiger partial charge on any atom is 0.254 e. The number of ether oxygens (including phenoxy) is 1. The van der Waals surface area contributed by atoms with Crippen LogP contribution < -0.4 is 4.74 Å². The standard InChI is InChI=1S/C19H24N2O4/c1-12-18(23)20-6-2-3-15(20)10-21(12)19(24)14-7-16(22)9-17(8-14)25-11-13-4-5-13/h7-9,12-13,15,22H,2-6,10-11H2,1H3/t12-,15-/m0/s1. The maximum absolute atomic E-state index is 13.0. The van der Waals surface area contributed by atoms with Crippen LogP contribution in [-0.4, -0.2) is 58.5 Å². The average molecular weight is 344 g/mol. The molecule has 0 unspecified atom stereocenters. The van der Waals surface area contributed by atoms with Gasteiger partial charge in [-0.2, -0.15) is 0 Å². The van der Waals surface area contributed by atoms with Gasteiger partial charge in [0.2, 0.25) is 5.91 Å². The van der Waals surface area contributed by atoms with Crippen molar-refractivity contribution in [1.82, 2.24) is 9.80 Å². The van der Waals surface area contributed by atoms with Crippen LogP contribution in [0.2, 0.25) is 0 Å². The lowest BCUT2D eigenvalue weighted by Crippen LogP contribution is -2.60. The molecule has 0 radical (unpaired) electrons. The summed E-state index contributed by atoms with van der Waals surface area (Å²) < 4.78 is 5.70. The first-order valence-electron chi connectivity index (χ1n) is 9.11. The van der Waals surface area contributed by atoms with Crippen LogP contribution in [0, 0.1) is 5.92 Å². The molecule has 3 fully saturated rings. The highest BCUT2D eigenvalue weighted by Crippen LogP contribution is 2.32. The first kappa shape index (κ1) is 16.2. The fraction of sp³-hybridized carbons (Fsp3) is 0.579. The van der Waals surface area contributed by atoms with Gasteiger partial charge >= 0.3 is 0 Å². The lowest BCUT2D eigenvalue weighted by Gasteiger charge is -2.41. The zero-order valence-corrected chi connectivity index (χ0v) is 14.5. The summed E-state index contributed by atoms with van der Waals surface area (Å²) in [5.41, 5.74) is 0.372. The Hall–Kier alpha value is -2.24. The lowest BCUT2D eigenvalue weighted by atomic mass is 10.0. The molecule has 134 valence electrons. The van der Waals surface area contributed by atoms with E-state index in [2.05, 4.69) is 0 Å². The topological polar surface area (TPSA) is 70.1 Å². The number of rotatable bonds is 4. The van der Waals surface area contributed by atoms with Crippen LogP contribution >= 0.6 is 0 Å². The van der Waals surface area contributed by atoms with E-state index in [1.54, 1.807) is 17.9 Å². The van der Waals surface area contributed by atoms with Gasteiger partial charge in [-0.05, 0) is 50.7 Å². The van der Waals surface area contributed by atoms with E-state index in [4.69, 9.17) is 4.74 Å². The number of phenolic OH excluding ortho intramolecular Hbond substituents is 1. The molecule has 1 aliphatic carbocycles. The number of benzene rings is 1. The van der Waals surface area contributed by atoms with Gasteiger partial charge in [0.05, 0.1) is 6.61 Å². The number of carbonyl (C=O) groups is 2. The number of fused-ring (bicyclic) bond motifs is 1. The first-order valence-corrected chi connectivity index (χ1v) is 9.11. The van der Waals surface area contributed by atoms with Gasteiger partial charge in [0.15, 0.2) is 0 Å². The third-order valence-electron chi connectivity index (χ3n) is 5.47. The minimum absolute atomic E-state index is 0.00938.